The zero-order chi connectivity index (χ0) is 19.8. The van der Waals surface area contributed by atoms with Crippen LogP contribution in [0.1, 0.15) is 63.8 Å². The zero-order valence-electron chi connectivity index (χ0n) is 16.2. The van der Waals surface area contributed by atoms with Crippen LogP contribution in [0.5, 0.6) is 0 Å². The molecule has 4 rings (SSSR count). The number of hydrogen-bond donors (Lipinski definition) is 1. The lowest BCUT2D eigenvalue weighted by atomic mass is 10.1. The van der Waals surface area contributed by atoms with Crippen molar-refractivity contribution in [2.24, 2.45) is 0 Å². The molecule has 1 amide bonds. The van der Waals surface area contributed by atoms with Crippen molar-refractivity contribution >= 4 is 11.7 Å². The van der Waals surface area contributed by atoms with Gasteiger partial charge in [-0.2, -0.15) is 4.98 Å². The van der Waals surface area contributed by atoms with E-state index in [9.17, 15) is 9.59 Å². The molecule has 2 aromatic heterocycles. The number of benzene rings is 1. The molecule has 1 aliphatic heterocycles. The summed E-state index contributed by atoms with van der Waals surface area (Å²) in [7, 11) is 0. The van der Waals surface area contributed by atoms with Gasteiger partial charge in [-0.05, 0) is 32.3 Å². The summed E-state index contributed by atoms with van der Waals surface area (Å²) >= 11 is 0. The third kappa shape index (κ3) is 3.02. The number of hydrogen-bond acceptors (Lipinski definition) is 5. The molecule has 3 aromatic rings. The number of aromatic amines is 1. The summed E-state index contributed by atoms with van der Waals surface area (Å²) in [5.41, 5.74) is 3.31. The highest BCUT2D eigenvalue weighted by Crippen LogP contribution is 2.34. The van der Waals surface area contributed by atoms with Gasteiger partial charge < -0.3 is 14.4 Å². The van der Waals surface area contributed by atoms with Crippen molar-refractivity contribution in [3.05, 3.63) is 58.7 Å². The summed E-state index contributed by atoms with van der Waals surface area (Å²) in [6.07, 6.45) is 1.63. The molecule has 1 aliphatic rings. The topological polar surface area (TPSA) is 92.1 Å². The third-order valence-electron chi connectivity index (χ3n) is 5.28. The van der Waals surface area contributed by atoms with E-state index in [4.69, 9.17) is 4.52 Å². The molecule has 7 heteroatoms. The number of Topliss-reactive ketones (excluding diaryl/α,β-unsaturated/α-hetero) is 1. The molecular weight excluding hydrogens is 356 g/mol. The highest BCUT2D eigenvalue weighted by molar-refractivity contribution is 6.02. The Morgan fingerprint density at radius 2 is 1.96 bits per heavy atom. The molecule has 0 bridgehead atoms. The lowest BCUT2D eigenvalue weighted by Crippen LogP contribution is -2.31. The molecule has 1 N–H and O–H groups in total. The molecule has 7 nitrogen and oxygen atoms in total. The maximum absolute atomic E-state index is 13.3. The van der Waals surface area contributed by atoms with E-state index in [-0.39, 0.29) is 17.7 Å². The first-order chi connectivity index (χ1) is 13.5. The molecule has 3 heterocycles. The van der Waals surface area contributed by atoms with Gasteiger partial charge in [0.2, 0.25) is 11.7 Å². The Morgan fingerprint density at radius 1 is 1.21 bits per heavy atom. The number of aryl methyl sites for hydroxylation is 1. The molecule has 0 radical (unpaired) electrons. The molecule has 28 heavy (non-hydrogen) atoms. The highest BCUT2D eigenvalue weighted by Gasteiger charge is 2.36. The van der Waals surface area contributed by atoms with Gasteiger partial charge in [0.1, 0.15) is 6.04 Å². The van der Waals surface area contributed by atoms with Gasteiger partial charge in [0, 0.05) is 24.7 Å². The fraction of sp³-hybridized carbons (Fsp3) is 0.333. The van der Waals surface area contributed by atoms with Gasteiger partial charge in [0.15, 0.2) is 5.78 Å². The first kappa shape index (κ1) is 18.2. The Labute approximate surface area is 162 Å². The SMILES string of the molecule is CC(=O)c1[nH]c(C)c(C(=O)N2CCC[C@H]2c2nc(-c3ccccc3)no2)c1C. The van der Waals surface area contributed by atoms with Crippen LogP contribution in [-0.2, 0) is 0 Å². The average Bonchev–Trinajstić information content (AvgIpc) is 3.40. The second-order valence-corrected chi connectivity index (χ2v) is 7.16. The van der Waals surface area contributed by atoms with Crippen LogP contribution in [0.15, 0.2) is 34.9 Å². The minimum atomic E-state index is -0.257. The van der Waals surface area contributed by atoms with E-state index < -0.39 is 0 Å². The van der Waals surface area contributed by atoms with Crippen LogP contribution in [0.3, 0.4) is 0 Å². The van der Waals surface area contributed by atoms with Gasteiger partial charge in [-0.15, -0.1) is 0 Å². The van der Waals surface area contributed by atoms with Gasteiger partial charge in [-0.1, -0.05) is 35.5 Å². The van der Waals surface area contributed by atoms with E-state index in [0.717, 1.165) is 18.4 Å². The number of carbonyl (C=O) groups is 2. The average molecular weight is 378 g/mol. The van der Waals surface area contributed by atoms with E-state index in [1.165, 1.54) is 6.92 Å². The van der Waals surface area contributed by atoms with Crippen LogP contribution in [0, 0.1) is 13.8 Å². The Balaban J connectivity index is 1.64. The molecular formula is C21H22N4O3. The first-order valence-electron chi connectivity index (χ1n) is 9.37. The fourth-order valence-electron chi connectivity index (χ4n) is 3.91. The summed E-state index contributed by atoms with van der Waals surface area (Å²) in [6.45, 7) is 5.73. The Morgan fingerprint density at radius 3 is 2.64 bits per heavy atom. The van der Waals surface area contributed by atoms with Crippen LogP contribution < -0.4 is 0 Å². The predicted octanol–water partition coefficient (Wildman–Crippen LogP) is 3.86. The minimum absolute atomic E-state index is 0.0815. The van der Waals surface area contributed by atoms with Crippen molar-refractivity contribution < 1.29 is 14.1 Å². The molecule has 1 atom stereocenters. The van der Waals surface area contributed by atoms with Crippen molar-refractivity contribution in [2.75, 3.05) is 6.54 Å². The summed E-state index contributed by atoms with van der Waals surface area (Å²) in [5, 5.41) is 4.09. The predicted molar refractivity (Wildman–Crippen MR) is 103 cm³/mol. The van der Waals surface area contributed by atoms with E-state index >= 15 is 0 Å². The fourth-order valence-corrected chi connectivity index (χ4v) is 3.91. The molecule has 0 spiro atoms. The molecule has 1 fully saturated rings. The molecule has 0 saturated carbocycles. The maximum Gasteiger partial charge on any atom is 0.256 e. The number of aromatic nitrogens is 3. The molecule has 0 unspecified atom stereocenters. The van der Waals surface area contributed by atoms with E-state index in [0.29, 0.717) is 40.8 Å². The van der Waals surface area contributed by atoms with E-state index in [2.05, 4.69) is 15.1 Å². The quantitative estimate of drug-likeness (QED) is 0.696. The second-order valence-electron chi connectivity index (χ2n) is 7.16. The van der Waals surface area contributed by atoms with Crippen LogP contribution >= 0.6 is 0 Å². The molecule has 144 valence electrons. The highest BCUT2D eigenvalue weighted by atomic mass is 16.5. The lowest BCUT2D eigenvalue weighted by molar-refractivity contribution is 0.0709. The van der Waals surface area contributed by atoms with Gasteiger partial charge in [-0.3, -0.25) is 9.59 Å². The summed E-state index contributed by atoms with van der Waals surface area (Å²) in [5.74, 6) is 0.771. The van der Waals surface area contributed by atoms with Crippen molar-refractivity contribution in [3.8, 4) is 11.4 Å². The summed E-state index contributed by atoms with van der Waals surface area (Å²) in [4.78, 5) is 34.5. The van der Waals surface area contributed by atoms with Crippen molar-refractivity contribution in [1.29, 1.82) is 0 Å². The summed E-state index contributed by atoms with van der Waals surface area (Å²) < 4.78 is 5.51. The van der Waals surface area contributed by atoms with Gasteiger partial charge in [0.05, 0.1) is 11.3 Å². The largest absolute Gasteiger partial charge is 0.355 e. The standard InChI is InChI=1S/C21H22N4O3/c1-12-17(13(2)22-18(12)14(3)26)21(27)25-11-7-10-16(25)20-23-19(24-28-20)15-8-5-4-6-9-15/h4-6,8-9,16,22H,7,10-11H2,1-3H3/t16-/m0/s1. The normalized spacial score (nSPS) is 16.5. The minimum Gasteiger partial charge on any atom is -0.355 e. The number of rotatable bonds is 4. The van der Waals surface area contributed by atoms with Gasteiger partial charge >= 0.3 is 0 Å². The maximum atomic E-state index is 13.3. The van der Waals surface area contributed by atoms with E-state index in [1.807, 2.05) is 37.3 Å². The molecule has 1 saturated heterocycles. The second kappa shape index (κ2) is 7.07. The first-order valence-corrected chi connectivity index (χ1v) is 9.37. The Bertz CT molecular complexity index is 1040. The van der Waals surface area contributed by atoms with E-state index in [1.54, 1.807) is 11.8 Å². The van der Waals surface area contributed by atoms with Crippen LogP contribution in [-0.4, -0.2) is 38.3 Å². The lowest BCUT2D eigenvalue weighted by Gasteiger charge is -2.22. The summed E-state index contributed by atoms with van der Waals surface area (Å²) in [6, 6.07) is 9.34. The number of nitrogens with zero attached hydrogens (tertiary/aromatic N) is 3. The smallest absolute Gasteiger partial charge is 0.256 e. The van der Waals surface area contributed by atoms with Crippen molar-refractivity contribution in [2.45, 2.75) is 39.7 Å². The number of H-pyrrole nitrogens is 1. The van der Waals surface area contributed by atoms with Crippen molar-refractivity contribution in [1.82, 2.24) is 20.0 Å². The number of nitrogens with one attached hydrogen (secondary N) is 1. The van der Waals surface area contributed by atoms with Gasteiger partial charge in [0.25, 0.3) is 5.91 Å². The Hall–Kier alpha value is -3.22. The van der Waals surface area contributed by atoms with Crippen LogP contribution in [0.2, 0.25) is 0 Å². The Kier molecular flexibility index (Phi) is 4.58. The third-order valence-corrected chi connectivity index (χ3v) is 5.28. The molecule has 1 aromatic carbocycles. The molecule has 0 aliphatic carbocycles. The number of amides is 1. The number of carbonyl (C=O) groups excluding carboxylic acids is 2. The van der Waals surface area contributed by atoms with Gasteiger partial charge in [-0.25, -0.2) is 0 Å². The van der Waals surface area contributed by atoms with Crippen LogP contribution in [0.25, 0.3) is 11.4 Å². The van der Waals surface area contributed by atoms with Crippen LogP contribution in [0.4, 0.5) is 0 Å². The number of likely N-dealkylation sites (tertiary alicyclic amines) is 1. The monoisotopic (exact) mass is 378 g/mol. The zero-order valence-corrected chi connectivity index (χ0v) is 16.2. The van der Waals surface area contributed by atoms with Crippen molar-refractivity contribution in [3.63, 3.8) is 0 Å². The number of ketones is 1.